The average molecular weight is 234 g/mol. The van der Waals surface area contributed by atoms with E-state index in [-0.39, 0.29) is 0 Å². The second-order valence-corrected chi connectivity index (χ2v) is 4.91. The van der Waals surface area contributed by atoms with Crippen LogP contribution in [0.5, 0.6) is 5.75 Å². The summed E-state index contributed by atoms with van der Waals surface area (Å²) in [7, 11) is 1.71. The van der Waals surface area contributed by atoms with Gasteiger partial charge in [-0.15, -0.1) is 0 Å². The first-order valence-electron chi connectivity index (χ1n) is 6.31. The van der Waals surface area contributed by atoms with E-state index in [1.54, 1.807) is 7.11 Å². The molecule has 1 saturated heterocycles. The number of rotatable bonds is 2. The van der Waals surface area contributed by atoms with Gasteiger partial charge in [-0.1, -0.05) is 6.92 Å². The van der Waals surface area contributed by atoms with Crippen LogP contribution < -0.4 is 15.0 Å². The number of aryl methyl sites for hydroxylation is 1. The molecule has 94 valence electrons. The molecule has 0 spiro atoms. The number of methoxy groups -OCH3 is 1. The summed E-state index contributed by atoms with van der Waals surface area (Å²) in [6, 6.07) is 6.33. The molecule has 3 heteroatoms. The van der Waals surface area contributed by atoms with Crippen LogP contribution in [0.1, 0.15) is 12.5 Å². The van der Waals surface area contributed by atoms with Crippen molar-refractivity contribution in [1.29, 1.82) is 0 Å². The van der Waals surface area contributed by atoms with Gasteiger partial charge in [0.15, 0.2) is 0 Å². The number of hydrogen-bond donors (Lipinski definition) is 1. The quantitative estimate of drug-likeness (QED) is 0.847. The van der Waals surface area contributed by atoms with Crippen molar-refractivity contribution in [2.75, 3.05) is 38.2 Å². The molecule has 2 rings (SSSR count). The summed E-state index contributed by atoms with van der Waals surface area (Å²) in [6.07, 6.45) is 0. The van der Waals surface area contributed by atoms with Gasteiger partial charge in [0.1, 0.15) is 5.75 Å². The number of benzene rings is 1. The third kappa shape index (κ3) is 2.91. The molecule has 1 fully saturated rings. The minimum absolute atomic E-state index is 0.694. The third-order valence-electron chi connectivity index (χ3n) is 3.33. The molecule has 1 heterocycles. The Morgan fingerprint density at radius 1 is 1.41 bits per heavy atom. The Labute approximate surface area is 104 Å². The summed E-state index contributed by atoms with van der Waals surface area (Å²) in [5.41, 5.74) is 2.62. The summed E-state index contributed by atoms with van der Waals surface area (Å²) in [5, 5.41) is 3.47. The van der Waals surface area contributed by atoms with Crippen molar-refractivity contribution in [3.63, 3.8) is 0 Å². The predicted octanol–water partition coefficient (Wildman–Crippen LogP) is 2.05. The van der Waals surface area contributed by atoms with E-state index < -0.39 is 0 Å². The topological polar surface area (TPSA) is 24.5 Å². The van der Waals surface area contributed by atoms with Crippen LogP contribution in [-0.2, 0) is 0 Å². The summed E-state index contributed by atoms with van der Waals surface area (Å²) in [4.78, 5) is 2.47. The van der Waals surface area contributed by atoms with E-state index in [0.29, 0.717) is 5.92 Å². The van der Waals surface area contributed by atoms with Gasteiger partial charge < -0.3 is 15.0 Å². The third-order valence-corrected chi connectivity index (χ3v) is 3.33. The maximum atomic E-state index is 5.25. The van der Waals surface area contributed by atoms with Gasteiger partial charge in [-0.3, -0.25) is 0 Å². The second-order valence-electron chi connectivity index (χ2n) is 4.91. The summed E-state index contributed by atoms with van der Waals surface area (Å²) in [6.45, 7) is 8.84. The van der Waals surface area contributed by atoms with Crippen molar-refractivity contribution in [2.24, 2.45) is 5.92 Å². The van der Waals surface area contributed by atoms with Crippen LogP contribution in [0.15, 0.2) is 18.2 Å². The van der Waals surface area contributed by atoms with Crippen LogP contribution >= 0.6 is 0 Å². The Bertz CT molecular complexity index is 378. The van der Waals surface area contributed by atoms with Gasteiger partial charge in [0.05, 0.1) is 7.11 Å². The molecule has 1 N–H and O–H groups in total. The van der Waals surface area contributed by atoms with Crippen LogP contribution in [0.2, 0.25) is 0 Å². The lowest BCUT2D eigenvalue weighted by Crippen LogP contribution is -2.29. The lowest BCUT2D eigenvalue weighted by molar-refractivity contribution is 0.414. The molecule has 0 aromatic heterocycles. The zero-order valence-corrected chi connectivity index (χ0v) is 11.0. The lowest BCUT2D eigenvalue weighted by atomic mass is 10.1. The molecule has 1 aromatic rings. The molecular weight excluding hydrogens is 212 g/mol. The number of anilines is 1. The van der Waals surface area contributed by atoms with E-state index in [0.717, 1.165) is 31.9 Å². The lowest BCUT2D eigenvalue weighted by Gasteiger charge is -2.26. The van der Waals surface area contributed by atoms with Crippen molar-refractivity contribution < 1.29 is 4.74 Å². The van der Waals surface area contributed by atoms with E-state index in [1.807, 2.05) is 6.07 Å². The summed E-state index contributed by atoms with van der Waals surface area (Å²) >= 11 is 0. The van der Waals surface area contributed by atoms with Crippen molar-refractivity contribution in [3.05, 3.63) is 23.8 Å². The molecular formula is C14H22N2O. The van der Waals surface area contributed by atoms with E-state index in [1.165, 1.54) is 11.3 Å². The molecule has 1 atom stereocenters. The number of nitrogens with zero attached hydrogens (tertiary/aromatic N) is 1. The van der Waals surface area contributed by atoms with Gasteiger partial charge >= 0.3 is 0 Å². The summed E-state index contributed by atoms with van der Waals surface area (Å²) < 4.78 is 5.25. The second kappa shape index (κ2) is 5.41. The zero-order valence-electron chi connectivity index (χ0n) is 11.0. The van der Waals surface area contributed by atoms with Crippen molar-refractivity contribution in [2.45, 2.75) is 13.8 Å². The monoisotopic (exact) mass is 234 g/mol. The molecule has 1 aliphatic rings. The van der Waals surface area contributed by atoms with E-state index in [9.17, 15) is 0 Å². The van der Waals surface area contributed by atoms with E-state index in [2.05, 4.69) is 36.2 Å². The molecule has 1 aromatic carbocycles. The number of hydrogen-bond acceptors (Lipinski definition) is 3. The normalized spacial score (nSPS) is 21.1. The Kier molecular flexibility index (Phi) is 3.89. The molecule has 0 saturated carbocycles. The summed E-state index contributed by atoms with van der Waals surface area (Å²) in [5.74, 6) is 1.63. The zero-order chi connectivity index (χ0) is 12.3. The van der Waals surface area contributed by atoms with Crippen LogP contribution in [0, 0.1) is 12.8 Å². The average Bonchev–Trinajstić information content (AvgIpc) is 2.53. The highest BCUT2D eigenvalue weighted by Crippen LogP contribution is 2.25. The largest absolute Gasteiger partial charge is 0.497 e. The van der Waals surface area contributed by atoms with Gasteiger partial charge in [0.25, 0.3) is 0 Å². The minimum Gasteiger partial charge on any atom is -0.497 e. The maximum absolute atomic E-state index is 5.25. The number of nitrogens with one attached hydrogen (secondary N) is 1. The highest BCUT2D eigenvalue weighted by Gasteiger charge is 2.16. The fraction of sp³-hybridized carbons (Fsp3) is 0.571. The Hall–Kier alpha value is -1.22. The van der Waals surface area contributed by atoms with Gasteiger partial charge in [-0.2, -0.15) is 0 Å². The fourth-order valence-corrected chi connectivity index (χ4v) is 2.42. The van der Waals surface area contributed by atoms with Crippen molar-refractivity contribution >= 4 is 5.69 Å². The van der Waals surface area contributed by atoms with E-state index in [4.69, 9.17) is 4.74 Å². The Morgan fingerprint density at radius 3 is 2.94 bits per heavy atom. The maximum Gasteiger partial charge on any atom is 0.119 e. The SMILES string of the molecule is COc1ccc(N2CCNCC(C)C2)c(C)c1. The highest BCUT2D eigenvalue weighted by molar-refractivity contribution is 5.56. The Morgan fingerprint density at radius 2 is 2.24 bits per heavy atom. The molecule has 1 aliphatic heterocycles. The van der Waals surface area contributed by atoms with Gasteiger partial charge in [0.2, 0.25) is 0 Å². The van der Waals surface area contributed by atoms with Crippen molar-refractivity contribution in [1.82, 2.24) is 5.32 Å². The molecule has 0 aliphatic carbocycles. The minimum atomic E-state index is 0.694. The van der Waals surface area contributed by atoms with E-state index >= 15 is 0 Å². The number of ether oxygens (including phenoxy) is 1. The highest BCUT2D eigenvalue weighted by atomic mass is 16.5. The molecule has 0 bridgehead atoms. The van der Waals surface area contributed by atoms with Crippen LogP contribution in [0.4, 0.5) is 5.69 Å². The van der Waals surface area contributed by atoms with Crippen LogP contribution in [0.25, 0.3) is 0 Å². The molecule has 1 unspecified atom stereocenters. The first kappa shape index (κ1) is 12.2. The fourth-order valence-electron chi connectivity index (χ4n) is 2.42. The van der Waals surface area contributed by atoms with Gasteiger partial charge in [-0.25, -0.2) is 0 Å². The Balaban J connectivity index is 2.20. The molecule has 0 amide bonds. The first-order chi connectivity index (χ1) is 8.20. The molecule has 3 nitrogen and oxygen atoms in total. The van der Waals surface area contributed by atoms with Crippen LogP contribution in [0.3, 0.4) is 0 Å². The first-order valence-corrected chi connectivity index (χ1v) is 6.31. The van der Waals surface area contributed by atoms with Gasteiger partial charge in [-0.05, 0) is 43.1 Å². The van der Waals surface area contributed by atoms with Gasteiger partial charge in [0, 0.05) is 25.3 Å². The molecule has 0 radical (unpaired) electrons. The predicted molar refractivity (Wildman–Crippen MR) is 72.0 cm³/mol. The van der Waals surface area contributed by atoms with Crippen LogP contribution in [-0.4, -0.2) is 33.3 Å². The standard InChI is InChI=1S/C14H22N2O/c1-11-9-15-6-7-16(10-11)14-5-4-13(17-3)8-12(14)2/h4-5,8,11,15H,6-7,9-10H2,1-3H3. The van der Waals surface area contributed by atoms with Crippen molar-refractivity contribution in [3.8, 4) is 5.75 Å². The smallest absolute Gasteiger partial charge is 0.119 e. The molecule has 17 heavy (non-hydrogen) atoms.